The molecule has 1 aliphatic heterocycles. The van der Waals surface area contributed by atoms with Gasteiger partial charge in [0.25, 0.3) is 0 Å². The molecule has 5 atom stereocenters. The summed E-state index contributed by atoms with van der Waals surface area (Å²) in [6.07, 6.45) is 17.8. The number of aryl methyl sites for hydroxylation is 1. The molecule has 264 valence electrons. The first-order chi connectivity index (χ1) is 22.4. The molecule has 2 amide bonds. The zero-order chi connectivity index (χ0) is 33.4. The summed E-state index contributed by atoms with van der Waals surface area (Å²) in [5.74, 6) is -0.453. The van der Waals surface area contributed by atoms with Crippen LogP contribution in [0.4, 0.5) is 0 Å². The molecule has 1 heterocycles. The van der Waals surface area contributed by atoms with Gasteiger partial charge in [-0.3, -0.25) is 9.59 Å². The summed E-state index contributed by atoms with van der Waals surface area (Å²) >= 11 is 0. The van der Waals surface area contributed by atoms with Crippen molar-refractivity contribution in [1.29, 1.82) is 0 Å². The van der Waals surface area contributed by atoms with E-state index in [9.17, 15) is 19.8 Å². The van der Waals surface area contributed by atoms with Gasteiger partial charge in [0, 0.05) is 26.6 Å². The number of aliphatic hydroxyl groups is 2. The van der Waals surface area contributed by atoms with E-state index in [-0.39, 0.29) is 19.0 Å². The van der Waals surface area contributed by atoms with Crippen LogP contribution in [0.2, 0.25) is 0 Å². The Morgan fingerprint density at radius 1 is 0.826 bits per heavy atom. The predicted molar refractivity (Wildman–Crippen MR) is 184 cm³/mol. The van der Waals surface area contributed by atoms with E-state index in [4.69, 9.17) is 15.2 Å². The molecule has 1 saturated heterocycles. The first kappa shape index (κ1) is 40.1. The van der Waals surface area contributed by atoms with Gasteiger partial charge in [-0.1, -0.05) is 127 Å². The summed E-state index contributed by atoms with van der Waals surface area (Å²) < 4.78 is 11.4. The lowest BCUT2D eigenvalue weighted by molar-refractivity contribution is -0.258. The number of amides is 2. The molecular weight excluding hydrogens is 582 g/mol. The Bertz CT molecular complexity index is 918. The van der Waals surface area contributed by atoms with Crippen molar-refractivity contribution in [3.63, 3.8) is 0 Å². The van der Waals surface area contributed by atoms with E-state index in [2.05, 4.69) is 24.4 Å². The fraction of sp³-hybridized carbons (Fsp3) is 0.784. The lowest BCUT2D eigenvalue weighted by atomic mass is 9.96. The molecule has 5 N–H and O–H groups in total. The Morgan fingerprint density at radius 2 is 1.39 bits per heavy atom. The fourth-order valence-corrected chi connectivity index (χ4v) is 6.30. The van der Waals surface area contributed by atoms with Gasteiger partial charge in [-0.2, -0.15) is 0 Å². The van der Waals surface area contributed by atoms with E-state index in [0.29, 0.717) is 13.0 Å². The molecule has 46 heavy (non-hydrogen) atoms. The minimum Gasteiger partial charge on any atom is -0.388 e. The maximum atomic E-state index is 13.4. The summed E-state index contributed by atoms with van der Waals surface area (Å²) in [5.41, 5.74) is 6.68. The maximum Gasteiger partial charge on any atom is 0.234 e. The summed E-state index contributed by atoms with van der Waals surface area (Å²) in [5, 5.41) is 24.3. The minimum atomic E-state index is -1.33. The van der Waals surface area contributed by atoms with Crippen molar-refractivity contribution in [3.8, 4) is 0 Å². The zero-order valence-corrected chi connectivity index (χ0v) is 28.9. The van der Waals surface area contributed by atoms with Gasteiger partial charge in [0.05, 0.1) is 6.54 Å². The number of nitrogens with one attached hydrogen (secondary N) is 1. The fourth-order valence-electron chi connectivity index (χ4n) is 6.30. The van der Waals surface area contributed by atoms with Crippen molar-refractivity contribution >= 4 is 11.8 Å². The highest BCUT2D eigenvalue weighted by molar-refractivity contribution is 5.78. The monoisotopic (exact) mass is 647 g/mol. The normalized spacial score (nSPS) is 21.3. The number of ether oxygens (including phenoxy) is 2. The molecule has 2 rings (SSSR count). The van der Waals surface area contributed by atoms with Crippen molar-refractivity contribution in [2.75, 3.05) is 26.7 Å². The molecule has 0 aromatic heterocycles. The molecule has 9 nitrogen and oxygen atoms in total. The number of benzene rings is 1. The van der Waals surface area contributed by atoms with Gasteiger partial charge in [0.15, 0.2) is 6.29 Å². The molecule has 9 heteroatoms. The van der Waals surface area contributed by atoms with Crippen molar-refractivity contribution in [3.05, 3.63) is 35.9 Å². The van der Waals surface area contributed by atoms with Crippen LogP contribution < -0.4 is 11.1 Å². The maximum absolute atomic E-state index is 13.4. The number of carbonyl (C=O) groups is 2. The SMILES string of the molecule is CCCCCCCCCCCCCCCCCC(=O)N(CCCCc1ccccc1)C[C@H]1O[C@H](OC)[C@H](NC(=O)CN)[C@@H](O)[C@@H]1O. The number of hydrogen-bond acceptors (Lipinski definition) is 7. The molecule has 0 radical (unpaired) electrons. The van der Waals surface area contributed by atoms with Gasteiger partial charge >= 0.3 is 0 Å². The number of aliphatic hydroxyl groups excluding tert-OH is 2. The lowest BCUT2D eigenvalue weighted by Gasteiger charge is -2.43. The molecule has 1 aliphatic rings. The van der Waals surface area contributed by atoms with Crippen molar-refractivity contribution < 1.29 is 29.3 Å². The van der Waals surface area contributed by atoms with Crippen LogP contribution in [0.25, 0.3) is 0 Å². The molecule has 1 aromatic rings. The van der Waals surface area contributed by atoms with Crippen molar-refractivity contribution in [2.45, 2.75) is 160 Å². The smallest absolute Gasteiger partial charge is 0.234 e. The summed E-state index contributed by atoms with van der Waals surface area (Å²) in [6, 6.07) is 9.32. The molecule has 0 aliphatic carbocycles. The third-order valence-electron chi connectivity index (χ3n) is 9.18. The van der Waals surface area contributed by atoms with Gasteiger partial charge in [-0.15, -0.1) is 0 Å². The summed E-state index contributed by atoms with van der Waals surface area (Å²) in [7, 11) is 1.41. The Hall–Kier alpha value is -2.04. The number of unbranched alkanes of at least 4 members (excludes halogenated alkanes) is 15. The van der Waals surface area contributed by atoms with Gasteiger partial charge in [0.1, 0.15) is 24.4 Å². The molecule has 1 fully saturated rings. The zero-order valence-electron chi connectivity index (χ0n) is 28.9. The number of carbonyl (C=O) groups excluding carboxylic acids is 2. The van der Waals surface area contributed by atoms with Crippen LogP contribution in [0.5, 0.6) is 0 Å². The average molecular weight is 648 g/mol. The Morgan fingerprint density at radius 3 is 1.93 bits per heavy atom. The number of nitrogens with two attached hydrogens (primary N) is 1. The molecular formula is C37H65N3O6. The van der Waals surface area contributed by atoms with Gasteiger partial charge in [0.2, 0.25) is 11.8 Å². The number of rotatable bonds is 26. The molecule has 0 saturated carbocycles. The van der Waals surface area contributed by atoms with Crippen LogP contribution in [0.15, 0.2) is 30.3 Å². The van der Waals surface area contributed by atoms with Gasteiger partial charge in [-0.25, -0.2) is 0 Å². The summed E-state index contributed by atoms with van der Waals surface area (Å²) in [6.45, 7) is 2.68. The van der Waals surface area contributed by atoms with E-state index in [0.717, 1.165) is 38.5 Å². The van der Waals surface area contributed by atoms with Crippen LogP contribution in [0.1, 0.15) is 128 Å². The second kappa shape index (κ2) is 25.0. The third-order valence-corrected chi connectivity index (χ3v) is 9.18. The molecule has 1 aromatic carbocycles. The minimum absolute atomic E-state index is 0.0345. The lowest BCUT2D eigenvalue weighted by Crippen LogP contribution is -2.66. The molecule has 0 unspecified atom stereocenters. The van der Waals surface area contributed by atoms with Crippen LogP contribution in [0, 0.1) is 0 Å². The van der Waals surface area contributed by atoms with Crippen LogP contribution >= 0.6 is 0 Å². The van der Waals surface area contributed by atoms with E-state index < -0.39 is 36.6 Å². The van der Waals surface area contributed by atoms with Crippen LogP contribution in [-0.4, -0.2) is 84.3 Å². The van der Waals surface area contributed by atoms with Gasteiger partial charge in [-0.05, 0) is 31.2 Å². The standard InChI is InChI=1S/C37H65N3O6/c1-3-4-5-6-7-8-9-10-11-12-13-14-15-16-20-26-33(42)40(27-22-21-25-30-23-18-17-19-24-30)29-31-35(43)36(44)34(37(45-2)46-31)39-32(41)28-38/h17-19,23-24,31,34-37,43-44H,3-16,20-22,25-29,38H2,1-2H3,(H,39,41)/t31-,34-,35-,36-,37+/m1/s1. The van der Waals surface area contributed by atoms with Crippen molar-refractivity contribution in [2.24, 2.45) is 5.73 Å². The highest BCUT2D eigenvalue weighted by Gasteiger charge is 2.46. The quantitative estimate of drug-likeness (QED) is 0.0957. The second-order valence-corrected chi connectivity index (χ2v) is 13.0. The van der Waals surface area contributed by atoms with Crippen molar-refractivity contribution in [1.82, 2.24) is 10.2 Å². The average Bonchev–Trinajstić information content (AvgIpc) is 3.07. The Balaban J connectivity index is 1.77. The van der Waals surface area contributed by atoms with Crippen LogP contribution in [-0.2, 0) is 25.5 Å². The van der Waals surface area contributed by atoms with E-state index in [1.165, 1.54) is 89.7 Å². The third kappa shape index (κ3) is 16.2. The topological polar surface area (TPSA) is 134 Å². The number of nitrogens with zero attached hydrogens (tertiary/aromatic N) is 1. The Labute approximate surface area is 279 Å². The first-order valence-corrected chi connectivity index (χ1v) is 18.3. The molecule has 0 spiro atoms. The summed E-state index contributed by atoms with van der Waals surface area (Å²) in [4.78, 5) is 27.1. The number of hydrogen-bond donors (Lipinski definition) is 4. The van der Waals surface area contributed by atoms with Gasteiger partial charge < -0.3 is 35.6 Å². The second-order valence-electron chi connectivity index (χ2n) is 13.0. The highest BCUT2D eigenvalue weighted by Crippen LogP contribution is 2.24. The number of methoxy groups -OCH3 is 1. The predicted octanol–water partition coefficient (Wildman–Crippen LogP) is 5.64. The van der Waals surface area contributed by atoms with E-state index >= 15 is 0 Å². The molecule has 0 bridgehead atoms. The van der Waals surface area contributed by atoms with Crippen LogP contribution in [0.3, 0.4) is 0 Å². The van der Waals surface area contributed by atoms with E-state index in [1.54, 1.807) is 4.90 Å². The Kier molecular flexibility index (Phi) is 21.8. The first-order valence-electron chi connectivity index (χ1n) is 18.3. The highest BCUT2D eigenvalue weighted by atomic mass is 16.7. The van der Waals surface area contributed by atoms with E-state index in [1.807, 2.05) is 18.2 Å². The largest absolute Gasteiger partial charge is 0.388 e.